The van der Waals surface area contributed by atoms with Crippen molar-refractivity contribution in [1.29, 1.82) is 0 Å². The van der Waals surface area contributed by atoms with Crippen LogP contribution < -0.4 is 10.1 Å². The predicted octanol–water partition coefficient (Wildman–Crippen LogP) is 1.42. The van der Waals surface area contributed by atoms with E-state index in [1.165, 1.54) is 0 Å². The number of pyridine rings is 1. The summed E-state index contributed by atoms with van der Waals surface area (Å²) in [6.45, 7) is 1.45. The molecule has 0 spiro atoms. The molecule has 1 unspecified atom stereocenters. The number of rotatable bonds is 3. The van der Waals surface area contributed by atoms with Crippen LogP contribution in [-0.2, 0) is 6.54 Å². The molecule has 5 nitrogen and oxygen atoms in total. The molecule has 1 aliphatic rings. The van der Waals surface area contributed by atoms with Crippen LogP contribution in [0.3, 0.4) is 0 Å². The summed E-state index contributed by atoms with van der Waals surface area (Å²) >= 11 is 0. The van der Waals surface area contributed by atoms with E-state index in [2.05, 4.69) is 20.3 Å². The number of aromatic amines is 1. The Morgan fingerprint density at radius 1 is 1.41 bits per heavy atom. The van der Waals surface area contributed by atoms with Gasteiger partial charge in [0.05, 0.1) is 24.9 Å². The van der Waals surface area contributed by atoms with Gasteiger partial charge in [0.2, 0.25) is 0 Å². The first-order valence-corrected chi connectivity index (χ1v) is 5.73. The summed E-state index contributed by atoms with van der Waals surface area (Å²) in [5, 5.41) is 3.44. The fourth-order valence-electron chi connectivity index (χ4n) is 2.02. The fourth-order valence-corrected chi connectivity index (χ4v) is 2.02. The van der Waals surface area contributed by atoms with Crippen molar-refractivity contribution in [2.24, 2.45) is 0 Å². The molecule has 0 aliphatic carbocycles. The van der Waals surface area contributed by atoms with Gasteiger partial charge in [-0.15, -0.1) is 0 Å². The number of H-pyrrole nitrogens is 1. The van der Waals surface area contributed by atoms with Gasteiger partial charge in [-0.3, -0.25) is 4.98 Å². The smallest absolute Gasteiger partial charge is 0.142 e. The van der Waals surface area contributed by atoms with E-state index < -0.39 is 0 Å². The molecule has 1 atom stereocenters. The average Bonchev–Trinajstić information content (AvgIpc) is 2.89. The first kappa shape index (κ1) is 10.3. The van der Waals surface area contributed by atoms with Crippen molar-refractivity contribution in [3.05, 3.63) is 42.2 Å². The molecule has 88 valence electrons. The zero-order valence-corrected chi connectivity index (χ0v) is 9.39. The molecule has 0 saturated heterocycles. The van der Waals surface area contributed by atoms with E-state index in [0.717, 1.165) is 30.3 Å². The van der Waals surface area contributed by atoms with E-state index in [1.807, 2.05) is 18.3 Å². The number of hydrogen-bond donors (Lipinski definition) is 2. The number of ether oxygens (including phenoxy) is 1. The largest absolute Gasteiger partial charge is 0.492 e. The average molecular weight is 230 g/mol. The molecule has 3 rings (SSSR count). The first-order chi connectivity index (χ1) is 8.43. The lowest BCUT2D eigenvalue weighted by Crippen LogP contribution is -2.28. The van der Waals surface area contributed by atoms with Gasteiger partial charge in [-0.2, -0.15) is 0 Å². The van der Waals surface area contributed by atoms with Gasteiger partial charge >= 0.3 is 0 Å². The molecule has 0 amide bonds. The molecule has 2 aromatic heterocycles. The third-order valence-electron chi connectivity index (χ3n) is 2.86. The number of aromatic nitrogens is 3. The van der Waals surface area contributed by atoms with Gasteiger partial charge in [0, 0.05) is 25.0 Å². The van der Waals surface area contributed by atoms with Crippen LogP contribution in [0.25, 0.3) is 0 Å². The molecule has 17 heavy (non-hydrogen) atoms. The molecular formula is C12H14N4O. The third-order valence-corrected chi connectivity index (χ3v) is 2.86. The van der Waals surface area contributed by atoms with Crippen molar-refractivity contribution in [1.82, 2.24) is 20.3 Å². The number of fused-ring (bicyclic) bond motifs is 1. The second-order valence-electron chi connectivity index (χ2n) is 3.99. The van der Waals surface area contributed by atoms with Crippen LogP contribution in [0, 0.1) is 0 Å². The van der Waals surface area contributed by atoms with Gasteiger partial charge < -0.3 is 15.0 Å². The summed E-state index contributed by atoms with van der Waals surface area (Å²) in [6, 6.07) is 4.10. The van der Waals surface area contributed by atoms with Crippen LogP contribution in [0.5, 0.6) is 5.75 Å². The maximum Gasteiger partial charge on any atom is 0.142 e. The number of nitrogens with one attached hydrogen (secondary N) is 2. The lowest BCUT2D eigenvalue weighted by molar-refractivity contribution is 0.247. The molecule has 2 aromatic rings. The van der Waals surface area contributed by atoms with Crippen LogP contribution in [0.2, 0.25) is 0 Å². The van der Waals surface area contributed by atoms with Gasteiger partial charge in [0.25, 0.3) is 0 Å². The van der Waals surface area contributed by atoms with Gasteiger partial charge in [0.1, 0.15) is 11.6 Å². The summed E-state index contributed by atoms with van der Waals surface area (Å²) in [4.78, 5) is 11.6. The van der Waals surface area contributed by atoms with Crippen molar-refractivity contribution in [2.45, 2.75) is 19.0 Å². The Morgan fingerprint density at radius 2 is 2.41 bits per heavy atom. The van der Waals surface area contributed by atoms with Crippen molar-refractivity contribution in [3.63, 3.8) is 0 Å². The fraction of sp³-hybridized carbons (Fsp3) is 0.333. The van der Waals surface area contributed by atoms with E-state index in [-0.39, 0.29) is 6.04 Å². The molecule has 0 bridgehead atoms. The third kappa shape index (κ3) is 2.14. The van der Waals surface area contributed by atoms with Crippen LogP contribution in [0.1, 0.15) is 24.0 Å². The standard InChI is InChI=1S/C12H14N4O/c1-2-10-12(15-4-1)9(3-7-17-10)16-8-11-13-5-6-14-11/h1-2,4-6,9,16H,3,7-8H2,(H,13,14). The monoisotopic (exact) mass is 230 g/mol. The maximum atomic E-state index is 5.56. The number of hydrogen-bond acceptors (Lipinski definition) is 4. The molecular weight excluding hydrogens is 216 g/mol. The molecule has 0 aromatic carbocycles. The van der Waals surface area contributed by atoms with Gasteiger partial charge in [-0.1, -0.05) is 0 Å². The molecule has 1 aliphatic heterocycles. The maximum absolute atomic E-state index is 5.56. The quantitative estimate of drug-likeness (QED) is 0.837. The summed E-state index contributed by atoms with van der Waals surface area (Å²) in [5.41, 5.74) is 0.991. The van der Waals surface area contributed by atoms with Crippen molar-refractivity contribution in [3.8, 4) is 5.75 Å². The summed E-state index contributed by atoms with van der Waals surface area (Å²) in [6.07, 6.45) is 6.32. The zero-order chi connectivity index (χ0) is 11.5. The normalized spacial score (nSPS) is 18.5. The van der Waals surface area contributed by atoms with Crippen LogP contribution in [0.15, 0.2) is 30.7 Å². The van der Waals surface area contributed by atoms with E-state index in [1.54, 1.807) is 12.4 Å². The minimum atomic E-state index is 0.241. The van der Waals surface area contributed by atoms with Crippen LogP contribution in [0.4, 0.5) is 0 Å². The second kappa shape index (κ2) is 4.55. The van der Waals surface area contributed by atoms with Crippen molar-refractivity contribution < 1.29 is 4.74 Å². The highest BCUT2D eigenvalue weighted by Gasteiger charge is 2.21. The van der Waals surface area contributed by atoms with Crippen molar-refractivity contribution in [2.75, 3.05) is 6.61 Å². The Labute approximate surface area is 99.3 Å². The highest BCUT2D eigenvalue weighted by Crippen LogP contribution is 2.29. The minimum Gasteiger partial charge on any atom is -0.492 e. The SMILES string of the molecule is c1cnc2c(c1)OCCC2NCc1ncc[nH]1. The summed E-state index contributed by atoms with van der Waals surface area (Å²) in [7, 11) is 0. The Kier molecular flexibility index (Phi) is 2.75. The zero-order valence-electron chi connectivity index (χ0n) is 9.39. The van der Waals surface area contributed by atoms with E-state index in [0.29, 0.717) is 6.54 Å². The Bertz CT molecular complexity index is 483. The molecule has 5 heteroatoms. The summed E-state index contributed by atoms with van der Waals surface area (Å²) in [5.74, 6) is 1.82. The van der Waals surface area contributed by atoms with E-state index in [9.17, 15) is 0 Å². The van der Waals surface area contributed by atoms with E-state index in [4.69, 9.17) is 4.74 Å². The number of imidazole rings is 1. The van der Waals surface area contributed by atoms with Crippen LogP contribution >= 0.6 is 0 Å². The first-order valence-electron chi connectivity index (χ1n) is 5.73. The molecule has 2 N–H and O–H groups in total. The summed E-state index contributed by atoms with van der Waals surface area (Å²) < 4.78 is 5.56. The minimum absolute atomic E-state index is 0.241. The predicted molar refractivity (Wildman–Crippen MR) is 62.5 cm³/mol. The molecule has 3 heterocycles. The Hall–Kier alpha value is -1.88. The van der Waals surface area contributed by atoms with Gasteiger partial charge in [-0.05, 0) is 12.1 Å². The number of nitrogens with zero attached hydrogens (tertiary/aromatic N) is 2. The topological polar surface area (TPSA) is 62.8 Å². The lowest BCUT2D eigenvalue weighted by Gasteiger charge is -2.25. The van der Waals surface area contributed by atoms with Gasteiger partial charge in [-0.25, -0.2) is 4.98 Å². The highest BCUT2D eigenvalue weighted by atomic mass is 16.5. The molecule has 0 saturated carbocycles. The molecule has 0 radical (unpaired) electrons. The van der Waals surface area contributed by atoms with Crippen molar-refractivity contribution >= 4 is 0 Å². The lowest BCUT2D eigenvalue weighted by atomic mass is 10.1. The van der Waals surface area contributed by atoms with Crippen LogP contribution in [-0.4, -0.2) is 21.6 Å². The van der Waals surface area contributed by atoms with E-state index >= 15 is 0 Å². The van der Waals surface area contributed by atoms with Gasteiger partial charge in [0.15, 0.2) is 0 Å². The Morgan fingerprint density at radius 3 is 3.29 bits per heavy atom. The highest BCUT2D eigenvalue weighted by molar-refractivity contribution is 5.31. The molecule has 0 fully saturated rings. The second-order valence-corrected chi connectivity index (χ2v) is 3.99. The Balaban J connectivity index is 1.72.